The number of Topliss-reactive ketones (excluding diaryl/α,β-unsaturated/α-hetero) is 1. The van der Waals surface area contributed by atoms with E-state index in [1.54, 1.807) is 30.5 Å². The van der Waals surface area contributed by atoms with Gasteiger partial charge >= 0.3 is 0 Å². The van der Waals surface area contributed by atoms with Crippen molar-refractivity contribution >= 4 is 32.3 Å². The second-order valence-corrected chi connectivity index (χ2v) is 10.4. The number of nitrogens with zero attached hydrogens (tertiary/aromatic N) is 1. The van der Waals surface area contributed by atoms with Crippen LogP contribution >= 0.6 is 0 Å². The third-order valence-corrected chi connectivity index (χ3v) is 8.17. The summed E-state index contributed by atoms with van der Waals surface area (Å²) in [7, 11) is -3.77. The van der Waals surface area contributed by atoms with Gasteiger partial charge in [0.05, 0.1) is 10.4 Å². The van der Waals surface area contributed by atoms with Gasteiger partial charge in [-0.25, -0.2) is 12.4 Å². The third-order valence-electron chi connectivity index (χ3n) is 6.48. The molecular formula is C24H23NO3S. The second-order valence-electron chi connectivity index (χ2n) is 8.61. The molecule has 1 aromatic heterocycles. The van der Waals surface area contributed by atoms with Crippen molar-refractivity contribution in [1.29, 1.82) is 0 Å². The molecule has 0 unspecified atom stereocenters. The van der Waals surface area contributed by atoms with Crippen molar-refractivity contribution in [3.8, 4) is 0 Å². The number of allylic oxidation sites excluding steroid dienone is 2. The molecule has 29 heavy (non-hydrogen) atoms. The first-order valence-electron chi connectivity index (χ1n) is 9.97. The smallest absolute Gasteiger partial charge is 0.268 e. The molecule has 0 saturated carbocycles. The van der Waals surface area contributed by atoms with Gasteiger partial charge in [0, 0.05) is 34.6 Å². The van der Waals surface area contributed by atoms with Gasteiger partial charge in [0.15, 0.2) is 5.78 Å². The number of benzene rings is 2. The van der Waals surface area contributed by atoms with Crippen LogP contribution in [0.2, 0.25) is 0 Å². The molecule has 0 saturated heterocycles. The maximum atomic E-state index is 13.5. The number of ketones is 1. The van der Waals surface area contributed by atoms with E-state index in [1.165, 1.54) is 3.97 Å². The van der Waals surface area contributed by atoms with Gasteiger partial charge in [0.1, 0.15) is 0 Å². The zero-order valence-corrected chi connectivity index (χ0v) is 17.6. The van der Waals surface area contributed by atoms with Crippen LogP contribution in [0, 0.1) is 6.92 Å². The van der Waals surface area contributed by atoms with Gasteiger partial charge < -0.3 is 0 Å². The van der Waals surface area contributed by atoms with E-state index >= 15 is 0 Å². The van der Waals surface area contributed by atoms with Crippen LogP contribution in [0.5, 0.6) is 0 Å². The molecule has 3 aromatic rings. The lowest BCUT2D eigenvalue weighted by molar-refractivity contribution is -0.114. The van der Waals surface area contributed by atoms with Gasteiger partial charge in [-0.05, 0) is 49.1 Å². The molecule has 2 aliphatic carbocycles. The molecule has 0 bridgehead atoms. The summed E-state index contributed by atoms with van der Waals surface area (Å²) in [6.45, 7) is 6.22. The Kier molecular flexibility index (Phi) is 3.75. The van der Waals surface area contributed by atoms with Crippen LogP contribution in [0.25, 0.3) is 16.5 Å². The van der Waals surface area contributed by atoms with Crippen LogP contribution < -0.4 is 0 Å². The summed E-state index contributed by atoms with van der Waals surface area (Å²) in [4.78, 5) is 13.2. The van der Waals surface area contributed by atoms with Crippen LogP contribution in [-0.4, -0.2) is 18.2 Å². The Morgan fingerprint density at radius 3 is 2.45 bits per heavy atom. The van der Waals surface area contributed by atoms with Crippen LogP contribution in [0.1, 0.15) is 49.8 Å². The summed E-state index contributed by atoms with van der Waals surface area (Å²) in [5, 5.41) is 0.891. The number of fused-ring (bicyclic) bond motifs is 1. The quantitative estimate of drug-likeness (QED) is 0.604. The standard InChI is InChI=1S/C24H23NO3S/c1-15-10-12-16(13-11-15)29(27,28)25-14-17-22-18(6-4-8-20(22)25)24(2,3)19-7-5-9-21(26)23(17)19/h4,6,8,10-14H,5,7,9H2,1-3H3. The average molecular weight is 406 g/mol. The molecule has 0 atom stereocenters. The fraction of sp³-hybridized carbons (Fsp3) is 0.292. The largest absolute Gasteiger partial charge is 0.294 e. The van der Waals surface area contributed by atoms with Crippen molar-refractivity contribution in [2.75, 3.05) is 0 Å². The predicted octanol–water partition coefficient (Wildman–Crippen LogP) is 4.98. The first-order valence-corrected chi connectivity index (χ1v) is 11.4. The van der Waals surface area contributed by atoms with E-state index in [-0.39, 0.29) is 16.1 Å². The summed E-state index contributed by atoms with van der Waals surface area (Å²) in [6.07, 6.45) is 3.92. The number of rotatable bonds is 2. The van der Waals surface area contributed by atoms with E-state index in [2.05, 4.69) is 19.9 Å². The minimum Gasteiger partial charge on any atom is -0.294 e. The molecule has 0 spiro atoms. The third kappa shape index (κ3) is 2.43. The summed E-state index contributed by atoms with van der Waals surface area (Å²) >= 11 is 0. The van der Waals surface area contributed by atoms with E-state index in [1.807, 2.05) is 19.1 Å². The highest BCUT2D eigenvalue weighted by molar-refractivity contribution is 7.90. The van der Waals surface area contributed by atoms with Crippen molar-refractivity contribution in [2.45, 2.75) is 50.3 Å². The monoisotopic (exact) mass is 405 g/mol. The first-order chi connectivity index (χ1) is 13.7. The minimum atomic E-state index is -3.77. The summed E-state index contributed by atoms with van der Waals surface area (Å²) in [5.41, 5.74) is 5.09. The van der Waals surface area contributed by atoms with E-state index in [9.17, 15) is 13.2 Å². The highest BCUT2D eigenvalue weighted by atomic mass is 32.2. The van der Waals surface area contributed by atoms with Gasteiger partial charge in [0.2, 0.25) is 0 Å². The highest BCUT2D eigenvalue weighted by Crippen LogP contribution is 2.51. The molecule has 0 amide bonds. The number of carbonyl (C=O) groups is 1. The minimum absolute atomic E-state index is 0.126. The van der Waals surface area contributed by atoms with Crippen LogP contribution in [0.3, 0.4) is 0 Å². The SMILES string of the molecule is Cc1ccc(S(=O)(=O)n2cc3c4c(cccc42)C(C)(C)C2=C3C(=O)CCC2)cc1. The molecule has 0 fully saturated rings. The topological polar surface area (TPSA) is 56.1 Å². The first kappa shape index (κ1) is 18.4. The molecule has 0 aliphatic heterocycles. The molecule has 2 aromatic carbocycles. The summed E-state index contributed by atoms with van der Waals surface area (Å²) in [6, 6.07) is 12.7. The van der Waals surface area contributed by atoms with E-state index in [0.29, 0.717) is 11.9 Å². The lowest BCUT2D eigenvalue weighted by atomic mass is 9.65. The van der Waals surface area contributed by atoms with Crippen molar-refractivity contribution in [3.63, 3.8) is 0 Å². The summed E-state index contributed by atoms with van der Waals surface area (Å²) < 4.78 is 28.3. The number of hydrogen-bond acceptors (Lipinski definition) is 3. The Morgan fingerprint density at radius 1 is 1.00 bits per heavy atom. The Balaban J connectivity index is 1.86. The van der Waals surface area contributed by atoms with E-state index in [0.717, 1.165) is 46.1 Å². The Morgan fingerprint density at radius 2 is 1.72 bits per heavy atom. The Labute approximate surface area is 170 Å². The fourth-order valence-corrected chi connectivity index (χ4v) is 6.30. The molecular weight excluding hydrogens is 382 g/mol. The van der Waals surface area contributed by atoms with Crippen LogP contribution in [0.4, 0.5) is 0 Å². The maximum absolute atomic E-state index is 13.5. The number of aryl methyl sites for hydroxylation is 1. The molecule has 1 heterocycles. The number of aromatic nitrogens is 1. The van der Waals surface area contributed by atoms with Crippen molar-refractivity contribution in [3.05, 3.63) is 70.9 Å². The van der Waals surface area contributed by atoms with Gasteiger partial charge in [0.25, 0.3) is 10.0 Å². The van der Waals surface area contributed by atoms with Crippen LogP contribution in [0.15, 0.2) is 59.1 Å². The summed E-state index contributed by atoms with van der Waals surface area (Å²) in [5.74, 6) is 0.126. The van der Waals surface area contributed by atoms with Crippen LogP contribution in [-0.2, 0) is 20.2 Å². The van der Waals surface area contributed by atoms with Gasteiger partial charge in [-0.1, -0.05) is 43.7 Å². The van der Waals surface area contributed by atoms with Gasteiger partial charge in [-0.2, -0.15) is 0 Å². The Bertz CT molecular complexity index is 1320. The number of carbonyl (C=O) groups excluding carboxylic acids is 1. The molecule has 0 N–H and O–H groups in total. The molecule has 0 radical (unpaired) electrons. The van der Waals surface area contributed by atoms with E-state index in [4.69, 9.17) is 0 Å². The average Bonchev–Trinajstić information content (AvgIpc) is 3.08. The highest BCUT2D eigenvalue weighted by Gasteiger charge is 2.40. The van der Waals surface area contributed by atoms with Gasteiger partial charge in [-0.3, -0.25) is 4.79 Å². The normalized spacial score (nSPS) is 18.2. The zero-order valence-electron chi connectivity index (χ0n) is 16.8. The van der Waals surface area contributed by atoms with Crippen molar-refractivity contribution in [1.82, 2.24) is 3.97 Å². The molecule has 4 nitrogen and oxygen atoms in total. The van der Waals surface area contributed by atoms with Gasteiger partial charge in [-0.15, -0.1) is 0 Å². The fourth-order valence-electron chi connectivity index (χ4n) is 4.94. The molecule has 5 rings (SSSR count). The molecule has 5 heteroatoms. The van der Waals surface area contributed by atoms with Crippen molar-refractivity contribution in [2.24, 2.45) is 0 Å². The number of hydrogen-bond donors (Lipinski definition) is 0. The predicted molar refractivity (Wildman–Crippen MR) is 115 cm³/mol. The maximum Gasteiger partial charge on any atom is 0.268 e. The molecule has 2 aliphatic rings. The lowest BCUT2D eigenvalue weighted by Crippen LogP contribution is -2.29. The Hall–Kier alpha value is -2.66. The van der Waals surface area contributed by atoms with Crippen molar-refractivity contribution < 1.29 is 13.2 Å². The molecule has 148 valence electrons. The van der Waals surface area contributed by atoms with E-state index < -0.39 is 10.0 Å². The second kappa shape index (κ2) is 5.92. The zero-order chi connectivity index (χ0) is 20.6. The lowest BCUT2D eigenvalue weighted by Gasteiger charge is -2.37.